The Morgan fingerprint density at radius 2 is 1.95 bits per heavy atom. The van der Waals surface area contributed by atoms with Crippen LogP contribution in [-0.2, 0) is 11.3 Å². The van der Waals surface area contributed by atoms with Crippen LogP contribution in [-0.4, -0.2) is 26.5 Å². The van der Waals surface area contributed by atoms with Gasteiger partial charge in [-0.1, -0.05) is 12.1 Å². The molecule has 0 fully saturated rings. The first-order chi connectivity index (χ1) is 9.69. The van der Waals surface area contributed by atoms with Gasteiger partial charge in [-0.2, -0.15) is 0 Å². The maximum Gasteiger partial charge on any atom is 0.357 e. The molecule has 0 aliphatic carbocycles. The van der Waals surface area contributed by atoms with E-state index < -0.39 is 0 Å². The second kappa shape index (κ2) is 4.67. The molecular weight excluding hydrogens is 254 g/mol. The summed E-state index contributed by atoms with van der Waals surface area (Å²) in [7, 11) is 0. The molecule has 0 amide bonds. The number of carbonyl (C=O) groups is 1. The molecule has 0 unspecified atom stereocenters. The zero-order valence-corrected chi connectivity index (χ0v) is 11.9. The SMILES string of the molecule is CCOC(=O)c1c(C)nc2n(CC)c3ccccc3n12. The van der Waals surface area contributed by atoms with Gasteiger partial charge in [-0.15, -0.1) is 0 Å². The molecule has 0 atom stereocenters. The molecular formula is C15H17N3O2. The molecule has 5 nitrogen and oxygen atoms in total. The average molecular weight is 271 g/mol. The minimum Gasteiger partial charge on any atom is -0.461 e. The van der Waals surface area contributed by atoms with Crippen molar-refractivity contribution in [3.05, 3.63) is 35.7 Å². The normalized spacial score (nSPS) is 11.3. The van der Waals surface area contributed by atoms with Crippen LogP contribution in [0.3, 0.4) is 0 Å². The van der Waals surface area contributed by atoms with Crippen molar-refractivity contribution in [3.63, 3.8) is 0 Å². The molecule has 2 heterocycles. The monoisotopic (exact) mass is 271 g/mol. The second-order valence-electron chi connectivity index (χ2n) is 4.63. The van der Waals surface area contributed by atoms with E-state index in [4.69, 9.17) is 4.74 Å². The van der Waals surface area contributed by atoms with E-state index in [-0.39, 0.29) is 5.97 Å². The number of hydrogen-bond acceptors (Lipinski definition) is 3. The Labute approximate surface area is 116 Å². The maximum atomic E-state index is 12.2. The number of hydrogen-bond donors (Lipinski definition) is 0. The minimum absolute atomic E-state index is 0.323. The van der Waals surface area contributed by atoms with Gasteiger partial charge in [-0.25, -0.2) is 9.78 Å². The van der Waals surface area contributed by atoms with Crippen molar-refractivity contribution in [1.82, 2.24) is 14.0 Å². The lowest BCUT2D eigenvalue weighted by atomic mass is 10.3. The minimum atomic E-state index is -0.323. The number of ether oxygens (including phenoxy) is 1. The van der Waals surface area contributed by atoms with Crippen LogP contribution in [0.4, 0.5) is 0 Å². The van der Waals surface area contributed by atoms with Crippen molar-refractivity contribution in [2.24, 2.45) is 0 Å². The zero-order chi connectivity index (χ0) is 14.3. The number of aromatic nitrogens is 3. The number of aryl methyl sites for hydroxylation is 2. The van der Waals surface area contributed by atoms with Crippen molar-refractivity contribution in [2.75, 3.05) is 6.61 Å². The molecule has 0 aliphatic rings. The lowest BCUT2D eigenvalue weighted by Crippen LogP contribution is -2.09. The molecule has 0 saturated carbocycles. The molecule has 0 spiro atoms. The molecule has 0 saturated heterocycles. The van der Waals surface area contributed by atoms with Crippen LogP contribution < -0.4 is 0 Å². The number of rotatable bonds is 3. The third-order valence-electron chi connectivity index (χ3n) is 3.47. The molecule has 0 bridgehead atoms. The number of nitrogens with zero attached hydrogens (tertiary/aromatic N) is 3. The number of esters is 1. The summed E-state index contributed by atoms with van der Waals surface area (Å²) in [5, 5.41) is 0. The molecule has 3 aromatic rings. The summed E-state index contributed by atoms with van der Waals surface area (Å²) in [5.41, 5.74) is 3.27. The van der Waals surface area contributed by atoms with E-state index in [0.717, 1.165) is 23.4 Å². The average Bonchev–Trinajstić information content (AvgIpc) is 2.91. The first kappa shape index (κ1) is 12.7. The van der Waals surface area contributed by atoms with Crippen LogP contribution in [0.25, 0.3) is 16.8 Å². The third kappa shape index (κ3) is 1.62. The van der Waals surface area contributed by atoms with E-state index >= 15 is 0 Å². The highest BCUT2D eigenvalue weighted by molar-refractivity contribution is 5.93. The van der Waals surface area contributed by atoms with E-state index in [1.165, 1.54) is 0 Å². The van der Waals surface area contributed by atoms with Crippen molar-refractivity contribution in [2.45, 2.75) is 27.3 Å². The number of imidazole rings is 2. The Balaban J connectivity index is 2.42. The largest absolute Gasteiger partial charge is 0.461 e. The van der Waals surface area contributed by atoms with Gasteiger partial charge in [0.15, 0.2) is 5.69 Å². The predicted molar refractivity (Wildman–Crippen MR) is 77.1 cm³/mol. The first-order valence-electron chi connectivity index (χ1n) is 6.82. The highest BCUT2D eigenvalue weighted by Crippen LogP contribution is 2.24. The summed E-state index contributed by atoms with van der Waals surface area (Å²) < 4.78 is 9.16. The van der Waals surface area contributed by atoms with Crippen molar-refractivity contribution in [1.29, 1.82) is 0 Å². The highest BCUT2D eigenvalue weighted by Gasteiger charge is 2.22. The quantitative estimate of drug-likeness (QED) is 0.688. The summed E-state index contributed by atoms with van der Waals surface area (Å²) in [6.45, 7) is 6.88. The summed E-state index contributed by atoms with van der Waals surface area (Å²) in [4.78, 5) is 16.7. The second-order valence-corrected chi connectivity index (χ2v) is 4.63. The van der Waals surface area contributed by atoms with Crippen molar-refractivity contribution < 1.29 is 9.53 Å². The summed E-state index contributed by atoms with van der Waals surface area (Å²) in [5.74, 6) is 0.464. The third-order valence-corrected chi connectivity index (χ3v) is 3.47. The van der Waals surface area contributed by atoms with Crippen molar-refractivity contribution in [3.8, 4) is 0 Å². The number of benzene rings is 1. The fourth-order valence-corrected chi connectivity index (χ4v) is 2.66. The topological polar surface area (TPSA) is 48.5 Å². The molecule has 1 aromatic carbocycles. The molecule has 0 N–H and O–H groups in total. The predicted octanol–water partition coefficient (Wildman–Crippen LogP) is 2.79. The number of carbonyl (C=O) groups excluding carboxylic acids is 1. The van der Waals surface area contributed by atoms with Gasteiger partial charge in [0.05, 0.1) is 23.3 Å². The van der Waals surface area contributed by atoms with Gasteiger partial charge in [-0.05, 0) is 32.9 Å². The lowest BCUT2D eigenvalue weighted by Gasteiger charge is -2.02. The van der Waals surface area contributed by atoms with Crippen LogP contribution in [0.2, 0.25) is 0 Å². The fourth-order valence-electron chi connectivity index (χ4n) is 2.66. The van der Waals surface area contributed by atoms with E-state index in [2.05, 4.69) is 16.5 Å². The van der Waals surface area contributed by atoms with E-state index in [1.54, 1.807) is 6.92 Å². The molecule has 3 rings (SSSR count). The van der Waals surface area contributed by atoms with Gasteiger partial charge >= 0.3 is 5.97 Å². The van der Waals surface area contributed by atoms with Gasteiger partial charge < -0.3 is 9.30 Å². The maximum absolute atomic E-state index is 12.2. The molecule has 20 heavy (non-hydrogen) atoms. The molecule has 5 heteroatoms. The first-order valence-corrected chi connectivity index (χ1v) is 6.82. The highest BCUT2D eigenvalue weighted by atomic mass is 16.5. The lowest BCUT2D eigenvalue weighted by molar-refractivity contribution is 0.0518. The van der Waals surface area contributed by atoms with E-state index in [0.29, 0.717) is 18.0 Å². The van der Waals surface area contributed by atoms with Crippen molar-refractivity contribution >= 4 is 22.8 Å². The molecule has 104 valence electrons. The standard InChI is InChI=1S/C15H17N3O2/c1-4-17-11-8-6-7-9-12(11)18-13(14(19)20-5-2)10(3)16-15(17)18/h6-9H,4-5H2,1-3H3. The Morgan fingerprint density at radius 1 is 1.25 bits per heavy atom. The smallest absolute Gasteiger partial charge is 0.357 e. The number of para-hydroxylation sites is 2. The Hall–Kier alpha value is -2.30. The van der Waals surface area contributed by atoms with Crippen LogP contribution in [0.15, 0.2) is 24.3 Å². The zero-order valence-electron chi connectivity index (χ0n) is 11.9. The Kier molecular flexibility index (Phi) is 2.97. The number of fused-ring (bicyclic) bond motifs is 3. The molecule has 0 radical (unpaired) electrons. The molecule has 2 aromatic heterocycles. The van der Waals surface area contributed by atoms with Gasteiger partial charge in [0.1, 0.15) is 0 Å². The van der Waals surface area contributed by atoms with Gasteiger partial charge in [-0.3, -0.25) is 4.40 Å². The van der Waals surface area contributed by atoms with Crippen LogP contribution in [0.5, 0.6) is 0 Å². The Morgan fingerprint density at radius 3 is 2.60 bits per heavy atom. The van der Waals surface area contributed by atoms with E-state index in [1.807, 2.05) is 35.6 Å². The molecule has 0 aliphatic heterocycles. The summed E-state index contributed by atoms with van der Waals surface area (Å²) in [6, 6.07) is 7.99. The van der Waals surface area contributed by atoms with Crippen LogP contribution in [0.1, 0.15) is 30.0 Å². The summed E-state index contributed by atoms with van der Waals surface area (Å²) >= 11 is 0. The van der Waals surface area contributed by atoms with Gasteiger partial charge in [0.25, 0.3) is 0 Å². The van der Waals surface area contributed by atoms with Gasteiger partial charge in [0, 0.05) is 6.54 Å². The van der Waals surface area contributed by atoms with Crippen LogP contribution >= 0.6 is 0 Å². The summed E-state index contributed by atoms with van der Waals surface area (Å²) in [6.07, 6.45) is 0. The Bertz CT molecular complexity index is 798. The van der Waals surface area contributed by atoms with E-state index in [9.17, 15) is 4.79 Å². The van der Waals surface area contributed by atoms with Gasteiger partial charge in [0.2, 0.25) is 5.78 Å². The fraction of sp³-hybridized carbons (Fsp3) is 0.333. The van der Waals surface area contributed by atoms with Crippen LogP contribution in [0, 0.1) is 6.92 Å².